The number of carbonyl (C=O) groups is 3. The molecule has 0 radical (unpaired) electrons. The molecule has 8 heteroatoms. The lowest BCUT2D eigenvalue weighted by Gasteiger charge is -2.18. The van der Waals surface area contributed by atoms with Gasteiger partial charge in [0.1, 0.15) is 12.3 Å². The van der Waals surface area contributed by atoms with Gasteiger partial charge in [0.2, 0.25) is 0 Å². The third kappa shape index (κ3) is 5.22. The summed E-state index contributed by atoms with van der Waals surface area (Å²) in [7, 11) is 1.54. The van der Waals surface area contributed by atoms with Crippen molar-refractivity contribution in [3.63, 3.8) is 0 Å². The Labute approximate surface area is 209 Å². The summed E-state index contributed by atoms with van der Waals surface area (Å²) in [6.45, 7) is 0.744. The molecule has 0 saturated heterocycles. The molecule has 8 nitrogen and oxygen atoms in total. The lowest BCUT2D eigenvalue weighted by Crippen LogP contribution is -2.29. The van der Waals surface area contributed by atoms with Crippen LogP contribution in [0.4, 0.5) is 10.5 Å². The molecule has 1 aliphatic heterocycles. The largest absolute Gasteiger partial charge is 0.444 e. The molecule has 3 aromatic rings. The van der Waals surface area contributed by atoms with Crippen molar-refractivity contribution < 1.29 is 19.1 Å². The standard InChI is InChI=1S/C28H28N4O4/c1-29-27(34)24-16-20(26(33)31-21-10-11-21)15-22(30-24)14-19-8-5-9-25-23(19)12-13-32(25)28(35)36-17-18-6-3-2-4-7-18/h2-9,15-16,21H,10-14,17H2,1H3,(H,29,34)(H,31,33). The van der Waals surface area contributed by atoms with Crippen molar-refractivity contribution in [2.45, 2.75) is 38.3 Å². The number of anilines is 1. The molecule has 0 unspecified atom stereocenters. The van der Waals surface area contributed by atoms with Gasteiger partial charge in [0.15, 0.2) is 0 Å². The summed E-state index contributed by atoms with van der Waals surface area (Å²) in [5.41, 5.74) is 5.04. The minimum atomic E-state index is -0.381. The fourth-order valence-corrected chi connectivity index (χ4v) is 4.40. The van der Waals surface area contributed by atoms with Crippen LogP contribution in [0.2, 0.25) is 0 Å². The number of nitrogens with zero attached hydrogens (tertiary/aromatic N) is 2. The number of aromatic nitrogens is 1. The van der Waals surface area contributed by atoms with E-state index in [9.17, 15) is 14.4 Å². The molecule has 0 atom stereocenters. The second kappa shape index (κ2) is 10.2. The molecule has 2 aliphatic rings. The van der Waals surface area contributed by atoms with Crippen molar-refractivity contribution in [3.05, 3.63) is 94.3 Å². The van der Waals surface area contributed by atoms with Gasteiger partial charge in [0.25, 0.3) is 11.8 Å². The van der Waals surface area contributed by atoms with Gasteiger partial charge < -0.3 is 15.4 Å². The number of rotatable bonds is 7. The van der Waals surface area contributed by atoms with E-state index >= 15 is 0 Å². The summed E-state index contributed by atoms with van der Waals surface area (Å²) in [6.07, 6.45) is 2.70. The molecule has 0 bridgehead atoms. The Kier molecular flexibility index (Phi) is 6.66. The summed E-state index contributed by atoms with van der Waals surface area (Å²) >= 11 is 0. The van der Waals surface area contributed by atoms with E-state index in [1.165, 1.54) is 13.1 Å². The van der Waals surface area contributed by atoms with E-state index in [4.69, 9.17) is 4.74 Å². The van der Waals surface area contributed by atoms with Crippen LogP contribution in [0.3, 0.4) is 0 Å². The number of hydrogen-bond donors (Lipinski definition) is 2. The maximum absolute atomic E-state index is 12.8. The maximum atomic E-state index is 12.8. The number of benzene rings is 2. The van der Waals surface area contributed by atoms with E-state index in [1.54, 1.807) is 11.0 Å². The zero-order valence-corrected chi connectivity index (χ0v) is 20.1. The lowest BCUT2D eigenvalue weighted by atomic mass is 9.99. The van der Waals surface area contributed by atoms with Crippen molar-refractivity contribution in [3.8, 4) is 0 Å². The summed E-state index contributed by atoms with van der Waals surface area (Å²) in [4.78, 5) is 44.0. The van der Waals surface area contributed by atoms with Gasteiger partial charge in [0, 0.05) is 37.3 Å². The molecule has 1 fully saturated rings. The van der Waals surface area contributed by atoms with Crippen molar-refractivity contribution >= 4 is 23.6 Å². The van der Waals surface area contributed by atoms with Crippen LogP contribution in [0.1, 0.15) is 56.1 Å². The van der Waals surface area contributed by atoms with Gasteiger partial charge in [-0.25, -0.2) is 9.78 Å². The molecule has 184 valence electrons. The van der Waals surface area contributed by atoms with Crippen LogP contribution < -0.4 is 15.5 Å². The molecule has 2 N–H and O–H groups in total. The lowest BCUT2D eigenvalue weighted by molar-refractivity contribution is 0.0950. The number of nitrogens with one attached hydrogen (secondary N) is 2. The van der Waals surface area contributed by atoms with Gasteiger partial charge in [-0.1, -0.05) is 42.5 Å². The second-order valence-electron chi connectivity index (χ2n) is 9.09. The minimum absolute atomic E-state index is 0.197. The second-order valence-corrected chi connectivity index (χ2v) is 9.09. The minimum Gasteiger partial charge on any atom is -0.444 e. The van der Waals surface area contributed by atoms with Gasteiger partial charge in [-0.3, -0.25) is 14.5 Å². The van der Waals surface area contributed by atoms with E-state index in [1.807, 2.05) is 48.5 Å². The average Bonchev–Trinajstić information content (AvgIpc) is 3.61. The van der Waals surface area contributed by atoms with Gasteiger partial charge in [-0.05, 0) is 54.2 Å². The molecule has 2 heterocycles. The number of hydrogen-bond acceptors (Lipinski definition) is 5. The van der Waals surface area contributed by atoms with Crippen LogP contribution in [0.25, 0.3) is 0 Å². The van der Waals surface area contributed by atoms with Crippen LogP contribution in [-0.4, -0.2) is 42.5 Å². The Hall–Kier alpha value is -4.20. The SMILES string of the molecule is CNC(=O)c1cc(C(=O)NC2CC2)cc(Cc2cccc3c2CCN3C(=O)OCc2ccccc2)n1. The number of carbonyl (C=O) groups excluding carboxylic acids is 3. The first kappa shape index (κ1) is 23.5. The molecule has 2 aromatic carbocycles. The molecule has 1 aliphatic carbocycles. The number of fused-ring (bicyclic) bond motifs is 1. The predicted molar refractivity (Wildman–Crippen MR) is 135 cm³/mol. The van der Waals surface area contributed by atoms with Crippen molar-refractivity contribution in [1.29, 1.82) is 0 Å². The summed E-state index contributed by atoms with van der Waals surface area (Å²) in [5.74, 6) is -0.542. The fraction of sp³-hybridized carbons (Fsp3) is 0.286. The Morgan fingerprint density at radius 2 is 1.83 bits per heavy atom. The molecule has 0 spiro atoms. The normalized spacial score (nSPS) is 14.2. The van der Waals surface area contributed by atoms with Crippen LogP contribution in [0.5, 0.6) is 0 Å². The number of amides is 3. The molecular weight excluding hydrogens is 456 g/mol. The van der Waals surface area contributed by atoms with Crippen molar-refractivity contribution in [2.24, 2.45) is 0 Å². The Balaban J connectivity index is 1.36. The smallest absolute Gasteiger partial charge is 0.414 e. The number of pyridine rings is 1. The first-order chi connectivity index (χ1) is 17.5. The van der Waals surface area contributed by atoms with E-state index in [0.29, 0.717) is 30.6 Å². The highest BCUT2D eigenvalue weighted by Gasteiger charge is 2.28. The topological polar surface area (TPSA) is 101 Å². The van der Waals surface area contributed by atoms with E-state index in [2.05, 4.69) is 15.6 Å². The van der Waals surface area contributed by atoms with Crippen LogP contribution in [0, 0.1) is 0 Å². The van der Waals surface area contributed by atoms with Gasteiger partial charge >= 0.3 is 6.09 Å². The molecule has 5 rings (SSSR count). The third-order valence-corrected chi connectivity index (χ3v) is 6.43. The first-order valence-corrected chi connectivity index (χ1v) is 12.1. The van der Waals surface area contributed by atoms with E-state index in [-0.39, 0.29) is 36.3 Å². The van der Waals surface area contributed by atoms with E-state index in [0.717, 1.165) is 35.2 Å². The average molecular weight is 485 g/mol. The van der Waals surface area contributed by atoms with Gasteiger partial charge in [-0.2, -0.15) is 0 Å². The van der Waals surface area contributed by atoms with Crippen molar-refractivity contribution in [1.82, 2.24) is 15.6 Å². The molecule has 36 heavy (non-hydrogen) atoms. The molecule has 1 saturated carbocycles. The van der Waals surface area contributed by atoms with Crippen LogP contribution in [0.15, 0.2) is 60.7 Å². The maximum Gasteiger partial charge on any atom is 0.414 e. The van der Waals surface area contributed by atoms with Gasteiger partial charge in [-0.15, -0.1) is 0 Å². The highest BCUT2D eigenvalue weighted by molar-refractivity contribution is 5.99. The zero-order chi connectivity index (χ0) is 25.1. The Bertz CT molecular complexity index is 1300. The van der Waals surface area contributed by atoms with Crippen LogP contribution >= 0.6 is 0 Å². The fourth-order valence-electron chi connectivity index (χ4n) is 4.40. The van der Waals surface area contributed by atoms with Crippen LogP contribution in [-0.2, 0) is 24.2 Å². The molecule has 1 aromatic heterocycles. The van der Waals surface area contributed by atoms with Crippen molar-refractivity contribution in [2.75, 3.05) is 18.5 Å². The predicted octanol–water partition coefficient (Wildman–Crippen LogP) is 3.62. The summed E-state index contributed by atoms with van der Waals surface area (Å²) in [6, 6.07) is 18.9. The summed E-state index contributed by atoms with van der Waals surface area (Å²) in [5, 5.41) is 5.56. The first-order valence-electron chi connectivity index (χ1n) is 12.1. The third-order valence-electron chi connectivity index (χ3n) is 6.43. The number of ether oxygens (including phenoxy) is 1. The molecule has 3 amide bonds. The van der Waals surface area contributed by atoms with E-state index < -0.39 is 0 Å². The monoisotopic (exact) mass is 484 g/mol. The highest BCUT2D eigenvalue weighted by atomic mass is 16.6. The zero-order valence-electron chi connectivity index (χ0n) is 20.1. The molecular formula is C28H28N4O4. The summed E-state index contributed by atoms with van der Waals surface area (Å²) < 4.78 is 5.55. The Morgan fingerprint density at radius 1 is 1.03 bits per heavy atom. The van der Waals surface area contributed by atoms with Gasteiger partial charge in [0.05, 0.1) is 5.69 Å². The highest BCUT2D eigenvalue weighted by Crippen LogP contribution is 2.32. The quantitative estimate of drug-likeness (QED) is 0.534. The Morgan fingerprint density at radius 3 is 2.58 bits per heavy atom.